The minimum Gasteiger partial charge on any atom is -0.390 e. The van der Waals surface area contributed by atoms with Gasteiger partial charge in [-0.1, -0.05) is 5.21 Å². The third-order valence-electron chi connectivity index (χ3n) is 2.42. The Balaban J connectivity index is 1.98. The van der Waals surface area contributed by atoms with Crippen LogP contribution in [0, 0.1) is 0 Å². The van der Waals surface area contributed by atoms with Gasteiger partial charge in [0.1, 0.15) is 11.7 Å². The molecule has 1 fully saturated rings. The Kier molecular flexibility index (Phi) is 2.68. The lowest BCUT2D eigenvalue weighted by atomic mass is 10.3. The van der Waals surface area contributed by atoms with E-state index in [0.29, 0.717) is 11.7 Å². The first-order chi connectivity index (χ1) is 7.20. The molecule has 0 aliphatic heterocycles. The average molecular weight is 210 g/mol. The van der Waals surface area contributed by atoms with Crippen molar-refractivity contribution in [1.82, 2.24) is 20.3 Å². The normalized spacial score (nSPS) is 17.5. The van der Waals surface area contributed by atoms with Crippen LogP contribution in [0.4, 0.5) is 0 Å². The van der Waals surface area contributed by atoms with Gasteiger partial charge < -0.3 is 10.4 Å². The lowest BCUT2D eigenvalue weighted by molar-refractivity contribution is -0.124. The summed E-state index contributed by atoms with van der Waals surface area (Å²) in [5, 5.41) is 19.2. The second-order valence-electron chi connectivity index (χ2n) is 3.81. The molecular weight excluding hydrogens is 196 g/mol. The molecule has 1 atom stereocenters. The number of amides is 1. The van der Waals surface area contributed by atoms with Crippen LogP contribution < -0.4 is 5.32 Å². The summed E-state index contributed by atoms with van der Waals surface area (Å²) >= 11 is 0. The van der Waals surface area contributed by atoms with Crippen molar-refractivity contribution < 1.29 is 9.90 Å². The fourth-order valence-corrected chi connectivity index (χ4v) is 1.24. The highest BCUT2D eigenvalue weighted by atomic mass is 16.3. The summed E-state index contributed by atoms with van der Waals surface area (Å²) < 4.78 is 1.46. The monoisotopic (exact) mass is 210 g/mol. The quantitative estimate of drug-likeness (QED) is 0.709. The molecule has 0 spiro atoms. The molecule has 1 saturated carbocycles. The number of aliphatic hydroxyl groups excluding tert-OH is 1. The van der Waals surface area contributed by atoms with Gasteiger partial charge in [-0.05, 0) is 19.8 Å². The maximum absolute atomic E-state index is 11.6. The Morgan fingerprint density at radius 2 is 2.53 bits per heavy atom. The second kappa shape index (κ2) is 3.98. The number of carbonyl (C=O) groups excluding carboxylic acids is 1. The first-order valence-electron chi connectivity index (χ1n) is 5.02. The number of hydrogen-bond donors (Lipinski definition) is 2. The molecule has 2 rings (SSSR count). The van der Waals surface area contributed by atoms with Gasteiger partial charge in [0.25, 0.3) is 0 Å². The van der Waals surface area contributed by atoms with Crippen LogP contribution in [0.2, 0.25) is 0 Å². The predicted molar refractivity (Wildman–Crippen MR) is 51.8 cm³/mol. The van der Waals surface area contributed by atoms with Gasteiger partial charge in [0.05, 0.1) is 12.8 Å². The van der Waals surface area contributed by atoms with E-state index in [0.717, 1.165) is 12.8 Å². The maximum Gasteiger partial charge on any atom is 0.244 e. The van der Waals surface area contributed by atoms with Gasteiger partial charge in [-0.25, -0.2) is 4.68 Å². The molecule has 0 radical (unpaired) electrons. The first kappa shape index (κ1) is 10.1. The highest BCUT2D eigenvalue weighted by molar-refractivity contribution is 5.80. The summed E-state index contributed by atoms with van der Waals surface area (Å²) in [6, 6.07) is -0.0285. The van der Waals surface area contributed by atoms with Gasteiger partial charge in [-0.2, -0.15) is 0 Å². The van der Waals surface area contributed by atoms with E-state index in [1.807, 2.05) is 0 Å². The predicted octanol–water partition coefficient (Wildman–Crippen LogP) is -0.390. The Morgan fingerprint density at radius 3 is 3.07 bits per heavy atom. The Hall–Kier alpha value is -1.43. The topological polar surface area (TPSA) is 80.0 Å². The zero-order chi connectivity index (χ0) is 10.8. The second-order valence-corrected chi connectivity index (χ2v) is 3.81. The number of rotatable bonds is 4. The van der Waals surface area contributed by atoms with Crippen molar-refractivity contribution in [3.8, 4) is 0 Å². The Bertz CT molecular complexity index is 359. The summed E-state index contributed by atoms with van der Waals surface area (Å²) in [6.45, 7) is 1.60. The fourth-order valence-electron chi connectivity index (χ4n) is 1.24. The summed E-state index contributed by atoms with van der Waals surface area (Å²) in [5.41, 5.74) is 0.473. The van der Waals surface area contributed by atoms with Crippen molar-refractivity contribution in [2.24, 2.45) is 0 Å². The van der Waals surface area contributed by atoms with Crippen LogP contribution in [0.1, 0.15) is 31.5 Å². The highest BCUT2D eigenvalue weighted by Crippen LogP contribution is 2.19. The molecule has 6 heteroatoms. The number of carbonyl (C=O) groups is 1. The first-order valence-corrected chi connectivity index (χ1v) is 5.02. The Labute approximate surface area is 87.3 Å². The SMILES string of the molecule is CC(C(=O)NC1CC1)n1cc(CO)nn1. The molecule has 15 heavy (non-hydrogen) atoms. The van der Waals surface area contributed by atoms with Gasteiger partial charge in [0, 0.05) is 6.04 Å². The summed E-state index contributed by atoms with van der Waals surface area (Å²) in [5.74, 6) is -0.0492. The van der Waals surface area contributed by atoms with Crippen molar-refractivity contribution in [1.29, 1.82) is 0 Å². The van der Waals surface area contributed by atoms with E-state index < -0.39 is 0 Å². The van der Waals surface area contributed by atoms with Gasteiger partial charge in [0.2, 0.25) is 5.91 Å². The molecule has 0 saturated heterocycles. The number of aliphatic hydroxyl groups is 1. The molecule has 0 bridgehead atoms. The van der Waals surface area contributed by atoms with Gasteiger partial charge in [-0.15, -0.1) is 5.10 Å². The third kappa shape index (κ3) is 2.33. The van der Waals surface area contributed by atoms with Crippen molar-refractivity contribution >= 4 is 5.91 Å². The average Bonchev–Trinajstić information content (AvgIpc) is 2.92. The highest BCUT2D eigenvalue weighted by Gasteiger charge is 2.26. The van der Waals surface area contributed by atoms with Gasteiger partial charge >= 0.3 is 0 Å². The molecule has 1 aromatic heterocycles. The van der Waals surface area contributed by atoms with Crippen LogP contribution in [0.15, 0.2) is 6.20 Å². The van der Waals surface area contributed by atoms with Crippen LogP contribution in [-0.4, -0.2) is 32.0 Å². The van der Waals surface area contributed by atoms with Crippen LogP contribution in [0.3, 0.4) is 0 Å². The summed E-state index contributed by atoms with van der Waals surface area (Å²) in [7, 11) is 0. The molecule has 0 aromatic carbocycles. The minimum absolute atomic E-state index is 0.0492. The maximum atomic E-state index is 11.6. The summed E-state index contributed by atoms with van der Waals surface area (Å²) in [4.78, 5) is 11.6. The van der Waals surface area contributed by atoms with Gasteiger partial charge in [0.15, 0.2) is 0 Å². The number of hydrogen-bond acceptors (Lipinski definition) is 4. The van der Waals surface area contributed by atoms with E-state index in [1.165, 1.54) is 4.68 Å². The van der Waals surface area contributed by atoms with Crippen LogP contribution in [-0.2, 0) is 11.4 Å². The lowest BCUT2D eigenvalue weighted by Gasteiger charge is -2.10. The van der Waals surface area contributed by atoms with E-state index in [2.05, 4.69) is 15.6 Å². The molecule has 1 amide bonds. The molecule has 2 N–H and O–H groups in total. The van der Waals surface area contributed by atoms with Crippen molar-refractivity contribution in [2.45, 2.75) is 38.5 Å². The van der Waals surface area contributed by atoms with E-state index in [9.17, 15) is 4.79 Å². The zero-order valence-electron chi connectivity index (χ0n) is 8.55. The van der Waals surface area contributed by atoms with Crippen LogP contribution in [0.5, 0.6) is 0 Å². The van der Waals surface area contributed by atoms with E-state index in [4.69, 9.17) is 5.11 Å². The van der Waals surface area contributed by atoms with E-state index in [1.54, 1.807) is 13.1 Å². The fraction of sp³-hybridized carbons (Fsp3) is 0.667. The molecule has 1 heterocycles. The Morgan fingerprint density at radius 1 is 1.80 bits per heavy atom. The van der Waals surface area contributed by atoms with Crippen molar-refractivity contribution in [3.05, 3.63) is 11.9 Å². The van der Waals surface area contributed by atoms with Crippen LogP contribution >= 0.6 is 0 Å². The molecule has 82 valence electrons. The van der Waals surface area contributed by atoms with Crippen LogP contribution in [0.25, 0.3) is 0 Å². The molecular formula is C9H14N4O2. The van der Waals surface area contributed by atoms with Crippen molar-refractivity contribution in [2.75, 3.05) is 0 Å². The standard InChI is InChI=1S/C9H14N4O2/c1-6(9(15)10-7-2-3-7)13-4-8(5-14)11-12-13/h4,6-7,14H,2-3,5H2,1H3,(H,10,15). The minimum atomic E-state index is -0.376. The number of nitrogens with one attached hydrogen (secondary N) is 1. The number of aromatic nitrogens is 3. The molecule has 6 nitrogen and oxygen atoms in total. The van der Waals surface area contributed by atoms with Gasteiger partial charge in [-0.3, -0.25) is 4.79 Å². The molecule has 1 aromatic rings. The molecule has 1 unspecified atom stereocenters. The third-order valence-corrected chi connectivity index (χ3v) is 2.42. The lowest BCUT2D eigenvalue weighted by Crippen LogP contribution is -2.32. The van der Waals surface area contributed by atoms with E-state index in [-0.39, 0.29) is 18.6 Å². The summed E-state index contributed by atoms with van der Waals surface area (Å²) in [6.07, 6.45) is 3.71. The molecule has 1 aliphatic rings. The van der Waals surface area contributed by atoms with E-state index >= 15 is 0 Å². The molecule has 1 aliphatic carbocycles. The largest absolute Gasteiger partial charge is 0.390 e. The van der Waals surface area contributed by atoms with Crippen molar-refractivity contribution in [3.63, 3.8) is 0 Å². The number of nitrogens with zero attached hydrogens (tertiary/aromatic N) is 3. The smallest absolute Gasteiger partial charge is 0.244 e. The zero-order valence-corrected chi connectivity index (χ0v) is 8.55.